The number of ether oxygens (including phenoxy) is 1. The summed E-state index contributed by atoms with van der Waals surface area (Å²) in [4.78, 5) is 2.47. The molecule has 1 N–H and O–H groups in total. The van der Waals surface area contributed by atoms with Crippen LogP contribution in [0.5, 0.6) is 5.75 Å². The molecule has 1 aliphatic rings. The Labute approximate surface area is 149 Å². The van der Waals surface area contributed by atoms with E-state index in [2.05, 4.69) is 21.8 Å². The Kier molecular flexibility index (Phi) is 5.60. The number of rotatable bonds is 7. The van der Waals surface area contributed by atoms with Gasteiger partial charge in [0.2, 0.25) is 10.0 Å². The van der Waals surface area contributed by atoms with Crippen molar-refractivity contribution in [2.75, 3.05) is 24.6 Å². The van der Waals surface area contributed by atoms with Gasteiger partial charge in [-0.25, -0.2) is 13.1 Å². The molecule has 1 heterocycles. The fourth-order valence-corrected chi connectivity index (χ4v) is 4.45. The average Bonchev–Trinajstić information content (AvgIpc) is 3.10. The maximum absolute atomic E-state index is 12.7. The van der Waals surface area contributed by atoms with Gasteiger partial charge < -0.3 is 9.64 Å². The molecule has 1 unspecified atom stereocenters. The van der Waals surface area contributed by atoms with Crippen molar-refractivity contribution in [3.8, 4) is 5.75 Å². The molecule has 2 aromatic rings. The molecular weight excluding hydrogens is 336 g/mol. The molecule has 0 aliphatic carbocycles. The molecule has 0 spiro atoms. The number of hydrogen-bond donors (Lipinski definition) is 1. The van der Waals surface area contributed by atoms with Crippen LogP contribution in [0.15, 0.2) is 59.5 Å². The molecule has 0 amide bonds. The standard InChI is InChI=1S/C19H24N2O3S/c1-2-24-18-12-6-7-13-19(18)25(22,23)20-15-17-11-8-14-21(17)16-9-4-3-5-10-16/h3-7,9-10,12-13,17,20H,2,8,11,14-15H2,1H3. The SMILES string of the molecule is CCOc1ccccc1S(=O)(=O)NCC1CCCN1c1ccccc1. The lowest BCUT2D eigenvalue weighted by molar-refractivity contribution is 0.331. The molecule has 25 heavy (non-hydrogen) atoms. The highest BCUT2D eigenvalue weighted by Gasteiger charge is 2.27. The van der Waals surface area contributed by atoms with Gasteiger partial charge in [-0.05, 0) is 44.0 Å². The van der Waals surface area contributed by atoms with E-state index in [0.29, 0.717) is 18.9 Å². The second-order valence-electron chi connectivity index (χ2n) is 6.06. The number of hydrogen-bond acceptors (Lipinski definition) is 4. The highest BCUT2D eigenvalue weighted by Crippen LogP contribution is 2.26. The predicted octanol–water partition coefficient (Wildman–Crippen LogP) is 3.03. The Morgan fingerprint density at radius 1 is 1.12 bits per heavy atom. The first-order chi connectivity index (χ1) is 12.1. The van der Waals surface area contributed by atoms with Crippen molar-refractivity contribution in [1.29, 1.82) is 0 Å². The van der Waals surface area contributed by atoms with Crippen LogP contribution in [-0.2, 0) is 10.0 Å². The molecule has 1 atom stereocenters. The molecule has 134 valence electrons. The largest absolute Gasteiger partial charge is 0.492 e. The van der Waals surface area contributed by atoms with E-state index < -0.39 is 10.0 Å². The molecule has 0 bridgehead atoms. The number of anilines is 1. The van der Waals surface area contributed by atoms with Crippen LogP contribution >= 0.6 is 0 Å². The summed E-state index contributed by atoms with van der Waals surface area (Å²) < 4.78 is 33.7. The van der Waals surface area contributed by atoms with Crippen LogP contribution in [-0.4, -0.2) is 34.2 Å². The number of nitrogens with one attached hydrogen (secondary N) is 1. The molecule has 1 aliphatic heterocycles. The normalized spacial score (nSPS) is 17.6. The lowest BCUT2D eigenvalue weighted by Crippen LogP contribution is -2.40. The highest BCUT2D eigenvalue weighted by molar-refractivity contribution is 7.89. The van der Waals surface area contributed by atoms with Gasteiger partial charge >= 0.3 is 0 Å². The Hall–Kier alpha value is -2.05. The minimum absolute atomic E-state index is 0.163. The van der Waals surface area contributed by atoms with Crippen molar-refractivity contribution in [2.45, 2.75) is 30.7 Å². The molecule has 0 saturated carbocycles. The summed E-state index contributed by atoms with van der Waals surface area (Å²) >= 11 is 0. The third-order valence-corrected chi connectivity index (χ3v) is 5.88. The van der Waals surface area contributed by atoms with Crippen LogP contribution in [0.3, 0.4) is 0 Å². The molecular formula is C19H24N2O3S. The fourth-order valence-electron chi connectivity index (χ4n) is 3.24. The van der Waals surface area contributed by atoms with E-state index in [1.807, 2.05) is 25.1 Å². The van der Waals surface area contributed by atoms with Gasteiger partial charge in [0, 0.05) is 24.8 Å². The molecule has 5 nitrogen and oxygen atoms in total. The summed E-state index contributed by atoms with van der Waals surface area (Å²) in [6, 6.07) is 17.1. The first kappa shape index (κ1) is 17.8. The van der Waals surface area contributed by atoms with Gasteiger partial charge in [-0.2, -0.15) is 0 Å². The molecule has 2 aromatic carbocycles. The van der Waals surface area contributed by atoms with Gasteiger partial charge in [0.25, 0.3) is 0 Å². The summed E-state index contributed by atoms with van der Waals surface area (Å²) in [6.45, 7) is 3.60. The second kappa shape index (κ2) is 7.89. The second-order valence-corrected chi connectivity index (χ2v) is 7.79. The number of nitrogens with zero attached hydrogens (tertiary/aromatic N) is 1. The van der Waals surface area contributed by atoms with Gasteiger partial charge in [-0.3, -0.25) is 0 Å². The van der Waals surface area contributed by atoms with Gasteiger partial charge in [0.05, 0.1) is 6.61 Å². The minimum atomic E-state index is -3.61. The molecule has 1 saturated heterocycles. The molecule has 6 heteroatoms. The summed E-state index contributed by atoms with van der Waals surface area (Å²) in [7, 11) is -3.61. The molecule has 0 aromatic heterocycles. The van der Waals surface area contributed by atoms with E-state index in [1.165, 1.54) is 0 Å². The van der Waals surface area contributed by atoms with Gasteiger partial charge in [0.1, 0.15) is 10.6 Å². The van der Waals surface area contributed by atoms with E-state index in [1.54, 1.807) is 24.3 Å². The van der Waals surface area contributed by atoms with Crippen LogP contribution in [0.1, 0.15) is 19.8 Å². The zero-order valence-corrected chi connectivity index (χ0v) is 15.2. The van der Waals surface area contributed by atoms with Gasteiger partial charge in [0.15, 0.2) is 0 Å². The Balaban J connectivity index is 1.72. The zero-order chi connectivity index (χ0) is 17.7. The van der Waals surface area contributed by atoms with Crippen LogP contribution in [0, 0.1) is 0 Å². The summed E-state index contributed by atoms with van der Waals surface area (Å²) in [5.74, 6) is 0.392. The van der Waals surface area contributed by atoms with Crippen molar-refractivity contribution >= 4 is 15.7 Å². The molecule has 0 radical (unpaired) electrons. The maximum Gasteiger partial charge on any atom is 0.244 e. The highest BCUT2D eigenvalue weighted by atomic mass is 32.2. The summed E-state index contributed by atoms with van der Waals surface area (Å²) in [5, 5.41) is 0. The van der Waals surface area contributed by atoms with Gasteiger partial charge in [-0.15, -0.1) is 0 Å². The average molecular weight is 360 g/mol. The lowest BCUT2D eigenvalue weighted by Gasteiger charge is -2.27. The van der Waals surface area contributed by atoms with Crippen molar-refractivity contribution < 1.29 is 13.2 Å². The maximum atomic E-state index is 12.7. The van der Waals surface area contributed by atoms with Crippen LogP contribution < -0.4 is 14.4 Å². The summed E-state index contributed by atoms with van der Waals surface area (Å²) in [5.41, 5.74) is 1.14. The first-order valence-corrected chi connectivity index (χ1v) is 10.1. The Morgan fingerprint density at radius 3 is 2.60 bits per heavy atom. The minimum Gasteiger partial charge on any atom is -0.492 e. The van der Waals surface area contributed by atoms with Crippen molar-refractivity contribution in [2.24, 2.45) is 0 Å². The fraction of sp³-hybridized carbons (Fsp3) is 0.368. The smallest absolute Gasteiger partial charge is 0.244 e. The van der Waals surface area contributed by atoms with Crippen LogP contribution in [0.2, 0.25) is 0 Å². The van der Waals surface area contributed by atoms with E-state index >= 15 is 0 Å². The Morgan fingerprint density at radius 2 is 1.84 bits per heavy atom. The third kappa shape index (κ3) is 4.14. The lowest BCUT2D eigenvalue weighted by atomic mass is 10.2. The van der Waals surface area contributed by atoms with E-state index in [0.717, 1.165) is 25.1 Å². The van der Waals surface area contributed by atoms with Crippen LogP contribution in [0.25, 0.3) is 0 Å². The monoisotopic (exact) mass is 360 g/mol. The third-order valence-electron chi connectivity index (χ3n) is 4.41. The molecule has 1 fully saturated rings. The quantitative estimate of drug-likeness (QED) is 0.824. The zero-order valence-electron chi connectivity index (χ0n) is 14.4. The van der Waals surface area contributed by atoms with Crippen LogP contribution in [0.4, 0.5) is 5.69 Å². The first-order valence-electron chi connectivity index (χ1n) is 8.65. The van der Waals surface area contributed by atoms with Crippen molar-refractivity contribution in [1.82, 2.24) is 4.72 Å². The Bertz CT molecular complexity index is 793. The van der Waals surface area contributed by atoms with E-state index in [-0.39, 0.29) is 10.9 Å². The molecule has 3 rings (SSSR count). The number of benzene rings is 2. The number of para-hydroxylation sites is 2. The van der Waals surface area contributed by atoms with E-state index in [9.17, 15) is 8.42 Å². The summed E-state index contributed by atoms with van der Waals surface area (Å²) in [6.07, 6.45) is 2.04. The van der Waals surface area contributed by atoms with Crippen molar-refractivity contribution in [3.63, 3.8) is 0 Å². The number of sulfonamides is 1. The predicted molar refractivity (Wildman–Crippen MR) is 99.6 cm³/mol. The topological polar surface area (TPSA) is 58.6 Å². The van der Waals surface area contributed by atoms with E-state index in [4.69, 9.17) is 4.74 Å². The van der Waals surface area contributed by atoms with Crippen molar-refractivity contribution in [3.05, 3.63) is 54.6 Å². The van der Waals surface area contributed by atoms with Gasteiger partial charge in [-0.1, -0.05) is 30.3 Å².